The Kier molecular flexibility index (Phi) is 3.71. The van der Waals surface area contributed by atoms with Gasteiger partial charge < -0.3 is 19.2 Å². The molecule has 0 spiro atoms. The van der Waals surface area contributed by atoms with Crippen molar-refractivity contribution in [3.05, 3.63) is 23.7 Å². The zero-order chi connectivity index (χ0) is 15.0. The number of furan rings is 1. The van der Waals surface area contributed by atoms with Crippen LogP contribution in [-0.4, -0.2) is 41.6 Å². The number of amides is 1. The number of aliphatic carboxylic acids is 1. The Hall–Kier alpha value is -1.82. The summed E-state index contributed by atoms with van der Waals surface area (Å²) < 4.78 is 10.4. The molecular formula is C15H19NO5. The van der Waals surface area contributed by atoms with Crippen LogP contribution in [0.3, 0.4) is 0 Å². The SMILES string of the molecule is COCc1ccc(C(=O)N2C[C@@H]3CCC[C@@H]3[C@@H]2C(=O)O)o1. The Balaban J connectivity index is 1.81. The molecule has 0 radical (unpaired) electrons. The van der Waals surface area contributed by atoms with Crippen LogP contribution in [0, 0.1) is 11.8 Å². The van der Waals surface area contributed by atoms with E-state index in [0.29, 0.717) is 24.8 Å². The van der Waals surface area contributed by atoms with Crippen LogP contribution in [0.15, 0.2) is 16.5 Å². The monoisotopic (exact) mass is 293 g/mol. The first kappa shape index (κ1) is 14.1. The summed E-state index contributed by atoms with van der Waals surface area (Å²) in [6, 6.07) is 2.55. The van der Waals surface area contributed by atoms with Gasteiger partial charge in [-0.2, -0.15) is 0 Å². The second kappa shape index (κ2) is 5.52. The topological polar surface area (TPSA) is 80.0 Å². The lowest BCUT2D eigenvalue weighted by atomic mass is 9.94. The number of fused-ring (bicyclic) bond motifs is 1. The maximum atomic E-state index is 12.5. The third-order valence-corrected chi connectivity index (χ3v) is 4.56. The van der Waals surface area contributed by atoms with Gasteiger partial charge in [0.1, 0.15) is 18.4 Å². The van der Waals surface area contributed by atoms with Gasteiger partial charge in [-0.25, -0.2) is 4.79 Å². The van der Waals surface area contributed by atoms with Crippen LogP contribution in [0.5, 0.6) is 0 Å². The summed E-state index contributed by atoms with van der Waals surface area (Å²) in [5, 5.41) is 9.47. The van der Waals surface area contributed by atoms with Crippen LogP contribution in [0.4, 0.5) is 0 Å². The van der Waals surface area contributed by atoms with E-state index in [1.165, 1.54) is 4.90 Å². The Bertz CT molecular complexity index is 552. The minimum Gasteiger partial charge on any atom is -0.480 e. The number of carbonyl (C=O) groups excluding carboxylic acids is 1. The normalized spacial score (nSPS) is 27.9. The average molecular weight is 293 g/mol. The number of carboxylic acids is 1. The van der Waals surface area contributed by atoms with Crippen LogP contribution < -0.4 is 0 Å². The van der Waals surface area contributed by atoms with Crippen LogP contribution in [0.2, 0.25) is 0 Å². The van der Waals surface area contributed by atoms with Crippen molar-refractivity contribution in [3.8, 4) is 0 Å². The van der Waals surface area contributed by atoms with E-state index in [9.17, 15) is 14.7 Å². The molecule has 1 aromatic heterocycles. The molecule has 1 N–H and O–H groups in total. The fourth-order valence-corrected chi connectivity index (χ4v) is 3.69. The summed E-state index contributed by atoms with van der Waals surface area (Å²) in [4.78, 5) is 25.6. The number of carboxylic acid groups (broad SMARTS) is 1. The Morgan fingerprint density at radius 3 is 2.95 bits per heavy atom. The highest BCUT2D eigenvalue weighted by molar-refractivity contribution is 5.95. The molecule has 2 aliphatic rings. The van der Waals surface area contributed by atoms with Gasteiger partial charge in [-0.1, -0.05) is 6.42 Å². The average Bonchev–Trinajstić information content (AvgIpc) is 3.11. The summed E-state index contributed by atoms with van der Waals surface area (Å²) >= 11 is 0. The lowest BCUT2D eigenvalue weighted by molar-refractivity contribution is -0.142. The molecule has 3 rings (SSSR count). The van der Waals surface area contributed by atoms with Gasteiger partial charge in [-0.3, -0.25) is 4.79 Å². The quantitative estimate of drug-likeness (QED) is 0.914. The molecule has 0 bridgehead atoms. The number of ether oxygens (including phenoxy) is 1. The van der Waals surface area contributed by atoms with Crippen molar-refractivity contribution < 1.29 is 23.8 Å². The molecule has 1 saturated carbocycles. The van der Waals surface area contributed by atoms with Crippen molar-refractivity contribution in [1.82, 2.24) is 4.90 Å². The fourth-order valence-electron chi connectivity index (χ4n) is 3.69. The third-order valence-electron chi connectivity index (χ3n) is 4.56. The van der Waals surface area contributed by atoms with Crippen molar-refractivity contribution in [2.24, 2.45) is 11.8 Å². The van der Waals surface area contributed by atoms with Gasteiger partial charge in [-0.05, 0) is 36.8 Å². The molecular weight excluding hydrogens is 274 g/mol. The van der Waals surface area contributed by atoms with E-state index < -0.39 is 12.0 Å². The van der Waals surface area contributed by atoms with Gasteiger partial charge in [0.15, 0.2) is 5.76 Å². The van der Waals surface area contributed by atoms with E-state index in [1.54, 1.807) is 19.2 Å². The van der Waals surface area contributed by atoms with Crippen LogP contribution in [-0.2, 0) is 16.1 Å². The van der Waals surface area contributed by atoms with Gasteiger partial charge in [0.2, 0.25) is 0 Å². The van der Waals surface area contributed by atoms with Crippen molar-refractivity contribution in [3.63, 3.8) is 0 Å². The molecule has 3 atom stereocenters. The zero-order valence-corrected chi connectivity index (χ0v) is 11.9. The Morgan fingerprint density at radius 2 is 2.24 bits per heavy atom. The minimum atomic E-state index is -0.915. The lowest BCUT2D eigenvalue weighted by Gasteiger charge is -2.23. The first-order chi connectivity index (χ1) is 10.1. The van der Waals surface area contributed by atoms with Gasteiger partial charge in [-0.15, -0.1) is 0 Å². The molecule has 1 aromatic rings. The number of hydrogen-bond acceptors (Lipinski definition) is 4. The van der Waals surface area contributed by atoms with Crippen molar-refractivity contribution in [2.75, 3.05) is 13.7 Å². The number of hydrogen-bond donors (Lipinski definition) is 1. The first-order valence-electron chi connectivity index (χ1n) is 7.23. The van der Waals surface area contributed by atoms with E-state index in [4.69, 9.17) is 9.15 Å². The smallest absolute Gasteiger partial charge is 0.326 e. The van der Waals surface area contributed by atoms with Gasteiger partial charge in [0.25, 0.3) is 5.91 Å². The largest absolute Gasteiger partial charge is 0.480 e. The molecule has 114 valence electrons. The minimum absolute atomic E-state index is 0.0832. The Labute approximate surface area is 122 Å². The molecule has 0 aromatic carbocycles. The standard InChI is InChI=1S/C15H19NO5/c1-20-8-10-5-6-12(21-10)14(17)16-7-9-3-2-4-11(9)13(16)15(18)19/h5-6,9,11,13H,2-4,7-8H2,1H3,(H,18,19)/t9-,11-,13+/m0/s1. The summed E-state index contributed by atoms with van der Waals surface area (Å²) in [6.45, 7) is 0.807. The van der Waals surface area contributed by atoms with E-state index in [2.05, 4.69) is 0 Å². The van der Waals surface area contributed by atoms with Crippen molar-refractivity contribution in [1.29, 1.82) is 0 Å². The van der Waals surface area contributed by atoms with E-state index in [1.807, 2.05) is 0 Å². The number of likely N-dealkylation sites (tertiary alicyclic amines) is 1. The second-order valence-corrected chi connectivity index (χ2v) is 5.79. The number of methoxy groups -OCH3 is 1. The van der Waals surface area contributed by atoms with E-state index in [-0.39, 0.29) is 17.6 Å². The summed E-state index contributed by atoms with van der Waals surface area (Å²) in [6.07, 6.45) is 2.95. The van der Waals surface area contributed by atoms with Gasteiger partial charge in [0, 0.05) is 13.7 Å². The number of nitrogens with zero attached hydrogens (tertiary/aromatic N) is 1. The van der Waals surface area contributed by atoms with Crippen molar-refractivity contribution >= 4 is 11.9 Å². The second-order valence-electron chi connectivity index (χ2n) is 5.79. The number of rotatable bonds is 4. The summed E-state index contributed by atoms with van der Waals surface area (Å²) in [7, 11) is 1.55. The highest BCUT2D eigenvalue weighted by atomic mass is 16.5. The third kappa shape index (κ3) is 2.44. The maximum Gasteiger partial charge on any atom is 0.326 e. The highest BCUT2D eigenvalue weighted by Crippen LogP contribution is 2.42. The predicted octanol–water partition coefficient (Wildman–Crippen LogP) is 1.75. The molecule has 1 saturated heterocycles. The molecule has 0 unspecified atom stereocenters. The van der Waals surface area contributed by atoms with E-state index in [0.717, 1.165) is 19.3 Å². The molecule has 2 fully saturated rings. The first-order valence-corrected chi connectivity index (χ1v) is 7.23. The van der Waals surface area contributed by atoms with Crippen LogP contribution >= 0.6 is 0 Å². The maximum absolute atomic E-state index is 12.5. The molecule has 1 aliphatic carbocycles. The fraction of sp³-hybridized carbons (Fsp3) is 0.600. The molecule has 6 heteroatoms. The highest BCUT2D eigenvalue weighted by Gasteiger charge is 2.50. The van der Waals surface area contributed by atoms with Crippen LogP contribution in [0.25, 0.3) is 0 Å². The molecule has 6 nitrogen and oxygen atoms in total. The Morgan fingerprint density at radius 1 is 1.43 bits per heavy atom. The molecule has 21 heavy (non-hydrogen) atoms. The van der Waals surface area contributed by atoms with E-state index >= 15 is 0 Å². The van der Waals surface area contributed by atoms with Crippen molar-refractivity contribution in [2.45, 2.75) is 31.9 Å². The number of carbonyl (C=O) groups is 2. The summed E-state index contributed by atoms with van der Waals surface area (Å²) in [5.41, 5.74) is 0. The predicted molar refractivity (Wildman–Crippen MR) is 72.7 cm³/mol. The van der Waals surface area contributed by atoms with Gasteiger partial charge in [0.05, 0.1) is 0 Å². The zero-order valence-electron chi connectivity index (χ0n) is 11.9. The molecule has 2 heterocycles. The van der Waals surface area contributed by atoms with Gasteiger partial charge >= 0.3 is 5.97 Å². The summed E-state index contributed by atoms with van der Waals surface area (Å²) in [5.74, 6) is -0.107. The van der Waals surface area contributed by atoms with Crippen LogP contribution in [0.1, 0.15) is 35.6 Å². The molecule has 1 amide bonds. The molecule has 1 aliphatic heterocycles. The lowest BCUT2D eigenvalue weighted by Crippen LogP contribution is -2.43.